The summed E-state index contributed by atoms with van der Waals surface area (Å²) in [5.41, 5.74) is 11.0. The molecule has 6 aromatic rings. The van der Waals surface area contributed by atoms with E-state index in [4.69, 9.17) is 9.97 Å². The van der Waals surface area contributed by atoms with Gasteiger partial charge in [-0.3, -0.25) is 4.98 Å². The van der Waals surface area contributed by atoms with E-state index in [1.165, 1.54) is 38.9 Å². The molecule has 2 heteroatoms. The summed E-state index contributed by atoms with van der Waals surface area (Å²) in [7, 11) is 0. The monoisotopic (exact) mass is 458 g/mol. The third-order valence-corrected chi connectivity index (χ3v) is 8.24. The molecule has 2 bridgehead atoms. The number of hydrogen-bond donors (Lipinski definition) is 0. The van der Waals surface area contributed by atoms with Gasteiger partial charge in [-0.25, -0.2) is 4.98 Å². The van der Waals surface area contributed by atoms with Crippen LogP contribution in [0.15, 0.2) is 134 Å². The molecular weight excluding hydrogens is 436 g/mol. The topological polar surface area (TPSA) is 25.8 Å². The molecule has 0 N–H and O–H groups in total. The standard InChI is InChI=1S/C34H22N2/c1-2-12-23(13-3-1)33-24-14-4-7-17-27(24)34(28-18-8-5-15-25(28)33,29-19-9-6-16-26(29)33)32-22-35-30-20-10-11-21-31(30)36-32/h1-22H. The average Bonchev–Trinajstić information content (AvgIpc) is 2.97. The minimum absolute atomic E-state index is 0.392. The number of para-hydroxylation sites is 2. The van der Waals surface area contributed by atoms with E-state index in [1.54, 1.807) is 0 Å². The van der Waals surface area contributed by atoms with Crippen molar-refractivity contribution in [1.29, 1.82) is 0 Å². The Kier molecular flexibility index (Phi) is 3.83. The normalized spacial score (nSPS) is 21.0. The van der Waals surface area contributed by atoms with Gasteiger partial charge < -0.3 is 0 Å². The van der Waals surface area contributed by atoms with E-state index in [1.807, 2.05) is 24.4 Å². The minimum Gasteiger partial charge on any atom is -0.253 e. The summed E-state index contributed by atoms with van der Waals surface area (Å²) in [4.78, 5) is 10.2. The number of aromatic nitrogens is 2. The van der Waals surface area contributed by atoms with Crippen LogP contribution in [0.2, 0.25) is 0 Å². The molecule has 3 aliphatic carbocycles. The molecule has 0 spiro atoms. The van der Waals surface area contributed by atoms with Gasteiger partial charge in [0.2, 0.25) is 0 Å². The molecule has 5 aromatic carbocycles. The molecule has 0 radical (unpaired) electrons. The maximum atomic E-state index is 5.30. The predicted molar refractivity (Wildman–Crippen MR) is 143 cm³/mol. The van der Waals surface area contributed by atoms with Crippen LogP contribution in [0.25, 0.3) is 11.0 Å². The molecule has 0 unspecified atom stereocenters. The van der Waals surface area contributed by atoms with Crippen molar-refractivity contribution in [2.24, 2.45) is 0 Å². The molecule has 9 rings (SSSR count). The Morgan fingerprint density at radius 3 is 1.33 bits per heavy atom. The van der Waals surface area contributed by atoms with E-state index < -0.39 is 10.8 Å². The molecule has 0 amide bonds. The van der Waals surface area contributed by atoms with Crippen LogP contribution in [0.4, 0.5) is 0 Å². The fourth-order valence-electron chi connectivity index (χ4n) is 6.99. The SMILES string of the molecule is c1ccc(C23c4ccccc4C(c4cnc5ccccc5n4)(c4ccccc42)c2ccccc23)cc1. The maximum absolute atomic E-state index is 5.30. The fraction of sp³-hybridized carbons (Fsp3) is 0.0588. The van der Waals surface area contributed by atoms with Gasteiger partial charge in [0.05, 0.1) is 33.8 Å². The molecule has 0 atom stereocenters. The van der Waals surface area contributed by atoms with Crippen LogP contribution in [0.1, 0.15) is 44.6 Å². The van der Waals surface area contributed by atoms with E-state index in [0.29, 0.717) is 0 Å². The molecule has 1 heterocycles. The summed E-state index contributed by atoms with van der Waals surface area (Å²) in [6.07, 6.45) is 1.99. The largest absolute Gasteiger partial charge is 0.253 e. The molecule has 168 valence electrons. The van der Waals surface area contributed by atoms with Crippen molar-refractivity contribution >= 4 is 11.0 Å². The summed E-state index contributed by atoms with van der Waals surface area (Å²) >= 11 is 0. The second kappa shape index (κ2) is 6.99. The van der Waals surface area contributed by atoms with Crippen molar-refractivity contribution in [3.05, 3.63) is 178 Å². The van der Waals surface area contributed by atoms with Crippen molar-refractivity contribution in [3.8, 4) is 0 Å². The quantitative estimate of drug-likeness (QED) is 0.278. The van der Waals surface area contributed by atoms with Gasteiger partial charge in [-0.2, -0.15) is 0 Å². The molecule has 0 fully saturated rings. The second-order valence-corrected chi connectivity index (χ2v) is 9.75. The van der Waals surface area contributed by atoms with Gasteiger partial charge in [0.25, 0.3) is 0 Å². The van der Waals surface area contributed by atoms with Gasteiger partial charge in [0.15, 0.2) is 0 Å². The highest BCUT2D eigenvalue weighted by Crippen LogP contribution is 2.65. The van der Waals surface area contributed by atoms with Crippen LogP contribution in [0.3, 0.4) is 0 Å². The Balaban J connectivity index is 1.61. The molecule has 36 heavy (non-hydrogen) atoms. The summed E-state index contributed by atoms with van der Waals surface area (Å²) in [6, 6.07) is 46.0. The third-order valence-electron chi connectivity index (χ3n) is 8.24. The molecule has 0 saturated carbocycles. The molecule has 0 saturated heterocycles. The van der Waals surface area contributed by atoms with Gasteiger partial charge in [-0.05, 0) is 51.1 Å². The van der Waals surface area contributed by atoms with Gasteiger partial charge in [-0.1, -0.05) is 115 Å². The van der Waals surface area contributed by atoms with Crippen LogP contribution in [0.5, 0.6) is 0 Å². The number of rotatable bonds is 2. The lowest BCUT2D eigenvalue weighted by molar-refractivity contribution is 0.547. The Labute approximate surface area is 209 Å². The zero-order valence-corrected chi connectivity index (χ0v) is 19.6. The molecule has 2 nitrogen and oxygen atoms in total. The van der Waals surface area contributed by atoms with E-state index in [-0.39, 0.29) is 0 Å². The number of nitrogens with zero attached hydrogens (tertiary/aromatic N) is 2. The lowest BCUT2D eigenvalue weighted by Crippen LogP contribution is -2.52. The third kappa shape index (κ3) is 2.18. The highest BCUT2D eigenvalue weighted by molar-refractivity contribution is 5.82. The van der Waals surface area contributed by atoms with Crippen molar-refractivity contribution in [2.75, 3.05) is 0 Å². The van der Waals surface area contributed by atoms with Gasteiger partial charge in [0, 0.05) is 0 Å². The summed E-state index contributed by atoms with van der Waals surface area (Å²) in [5, 5.41) is 0. The number of benzene rings is 5. The lowest BCUT2D eigenvalue weighted by Gasteiger charge is -2.56. The first-order valence-electron chi connectivity index (χ1n) is 12.4. The molecule has 1 aromatic heterocycles. The van der Waals surface area contributed by atoms with Crippen molar-refractivity contribution in [2.45, 2.75) is 10.8 Å². The average molecular weight is 459 g/mol. The van der Waals surface area contributed by atoms with E-state index in [0.717, 1.165) is 16.7 Å². The first kappa shape index (κ1) is 19.7. The highest BCUT2D eigenvalue weighted by atomic mass is 14.8. The van der Waals surface area contributed by atoms with Gasteiger partial charge >= 0.3 is 0 Å². The Morgan fingerprint density at radius 2 is 0.806 bits per heavy atom. The highest BCUT2D eigenvalue weighted by Gasteiger charge is 2.60. The molecule has 3 aliphatic rings. The van der Waals surface area contributed by atoms with Crippen LogP contribution in [0, 0.1) is 0 Å². The Hall–Kier alpha value is -4.56. The van der Waals surface area contributed by atoms with Crippen molar-refractivity contribution < 1.29 is 0 Å². The number of fused-ring (bicyclic) bond motifs is 1. The molecular formula is C34H22N2. The van der Waals surface area contributed by atoms with E-state index in [9.17, 15) is 0 Å². The zero-order chi connectivity index (χ0) is 23.7. The first-order chi connectivity index (χ1) is 17.9. The second-order valence-electron chi connectivity index (χ2n) is 9.75. The lowest BCUT2D eigenvalue weighted by atomic mass is 9.45. The van der Waals surface area contributed by atoms with Crippen LogP contribution in [-0.4, -0.2) is 9.97 Å². The van der Waals surface area contributed by atoms with Gasteiger partial charge in [-0.15, -0.1) is 0 Å². The summed E-state index contributed by atoms with van der Waals surface area (Å²) in [6.45, 7) is 0. The zero-order valence-electron chi connectivity index (χ0n) is 19.6. The fourth-order valence-corrected chi connectivity index (χ4v) is 6.99. The van der Waals surface area contributed by atoms with Crippen molar-refractivity contribution in [1.82, 2.24) is 9.97 Å². The van der Waals surface area contributed by atoms with Crippen LogP contribution >= 0.6 is 0 Å². The number of hydrogen-bond acceptors (Lipinski definition) is 2. The molecule has 0 aliphatic heterocycles. The summed E-state index contributed by atoms with van der Waals surface area (Å²) < 4.78 is 0. The van der Waals surface area contributed by atoms with E-state index >= 15 is 0 Å². The van der Waals surface area contributed by atoms with Crippen molar-refractivity contribution in [3.63, 3.8) is 0 Å². The predicted octanol–water partition coefficient (Wildman–Crippen LogP) is 7.02. The van der Waals surface area contributed by atoms with Crippen LogP contribution in [-0.2, 0) is 10.8 Å². The van der Waals surface area contributed by atoms with Crippen LogP contribution < -0.4 is 0 Å². The minimum atomic E-state index is -0.544. The smallest absolute Gasteiger partial charge is 0.0899 e. The maximum Gasteiger partial charge on any atom is 0.0899 e. The first-order valence-corrected chi connectivity index (χ1v) is 12.4. The Morgan fingerprint density at radius 1 is 0.389 bits per heavy atom. The Bertz CT molecular complexity index is 1680. The van der Waals surface area contributed by atoms with Gasteiger partial charge in [0.1, 0.15) is 0 Å². The van der Waals surface area contributed by atoms with E-state index in [2.05, 4.69) is 109 Å². The summed E-state index contributed by atoms with van der Waals surface area (Å²) in [5.74, 6) is 0.